The summed E-state index contributed by atoms with van der Waals surface area (Å²) < 4.78 is 0. The molecule has 16 heavy (non-hydrogen) atoms. The van der Waals surface area contributed by atoms with Crippen LogP contribution in [0.4, 0.5) is 0 Å². The number of hydrogen-bond acceptors (Lipinski definition) is 3. The Hall–Kier alpha value is -1.68. The molecular weight excluding hydrogens is 200 g/mol. The molecule has 0 saturated carbocycles. The molecule has 1 aliphatic heterocycles. The number of aromatic nitrogens is 3. The SMILES string of the molecule is Cc1cc(-c2cc[nH]c2)nc(C2CNC2)n1. The fourth-order valence-electron chi connectivity index (χ4n) is 1.88. The van der Waals surface area contributed by atoms with Crippen LogP contribution in [0, 0.1) is 6.92 Å². The quantitative estimate of drug-likeness (QED) is 0.796. The van der Waals surface area contributed by atoms with Gasteiger partial charge in [-0.25, -0.2) is 9.97 Å². The maximum Gasteiger partial charge on any atom is 0.134 e. The van der Waals surface area contributed by atoms with E-state index in [9.17, 15) is 0 Å². The largest absolute Gasteiger partial charge is 0.367 e. The molecule has 2 aromatic rings. The van der Waals surface area contributed by atoms with E-state index in [0.717, 1.165) is 35.9 Å². The summed E-state index contributed by atoms with van der Waals surface area (Å²) in [6.07, 6.45) is 3.88. The first-order valence-corrected chi connectivity index (χ1v) is 5.52. The van der Waals surface area contributed by atoms with Crippen LogP contribution in [0.1, 0.15) is 17.4 Å². The zero-order valence-electron chi connectivity index (χ0n) is 9.20. The molecular formula is C12H14N4. The minimum Gasteiger partial charge on any atom is -0.367 e. The topological polar surface area (TPSA) is 53.6 Å². The van der Waals surface area contributed by atoms with Gasteiger partial charge in [-0.3, -0.25) is 0 Å². The normalized spacial score (nSPS) is 16.1. The van der Waals surface area contributed by atoms with Crippen LogP contribution in [0.25, 0.3) is 11.3 Å². The van der Waals surface area contributed by atoms with E-state index in [2.05, 4.69) is 20.3 Å². The van der Waals surface area contributed by atoms with Crippen molar-refractivity contribution in [3.63, 3.8) is 0 Å². The summed E-state index contributed by atoms with van der Waals surface area (Å²) in [6.45, 7) is 4.01. The predicted octanol–water partition coefficient (Wildman–Crippen LogP) is 1.47. The summed E-state index contributed by atoms with van der Waals surface area (Å²) in [5.41, 5.74) is 3.17. The van der Waals surface area contributed by atoms with Crippen LogP contribution >= 0.6 is 0 Å². The second-order valence-electron chi connectivity index (χ2n) is 4.21. The molecule has 4 nitrogen and oxygen atoms in total. The predicted molar refractivity (Wildman–Crippen MR) is 62.2 cm³/mol. The highest BCUT2D eigenvalue weighted by molar-refractivity contribution is 5.58. The molecule has 1 fully saturated rings. The van der Waals surface area contributed by atoms with Gasteiger partial charge in [0.05, 0.1) is 5.69 Å². The van der Waals surface area contributed by atoms with Crippen LogP contribution in [0.15, 0.2) is 24.5 Å². The lowest BCUT2D eigenvalue weighted by Crippen LogP contribution is -2.41. The van der Waals surface area contributed by atoms with E-state index in [4.69, 9.17) is 0 Å². The number of rotatable bonds is 2. The second kappa shape index (κ2) is 3.72. The maximum absolute atomic E-state index is 4.63. The summed E-state index contributed by atoms with van der Waals surface area (Å²) >= 11 is 0. The molecule has 4 heteroatoms. The van der Waals surface area contributed by atoms with Gasteiger partial charge in [0.1, 0.15) is 5.82 Å². The van der Waals surface area contributed by atoms with Crippen molar-refractivity contribution in [1.82, 2.24) is 20.3 Å². The smallest absolute Gasteiger partial charge is 0.134 e. The van der Waals surface area contributed by atoms with Gasteiger partial charge in [-0.05, 0) is 19.1 Å². The van der Waals surface area contributed by atoms with Gasteiger partial charge in [0, 0.05) is 42.7 Å². The van der Waals surface area contributed by atoms with Crippen LogP contribution < -0.4 is 5.32 Å². The molecule has 0 aliphatic carbocycles. The molecule has 1 saturated heterocycles. The summed E-state index contributed by atoms with van der Waals surface area (Å²) in [7, 11) is 0. The molecule has 0 bridgehead atoms. The Balaban J connectivity index is 2.02. The highest BCUT2D eigenvalue weighted by Gasteiger charge is 2.22. The lowest BCUT2D eigenvalue weighted by atomic mass is 10.0. The number of hydrogen-bond donors (Lipinski definition) is 2. The van der Waals surface area contributed by atoms with E-state index < -0.39 is 0 Å². The molecule has 3 heterocycles. The van der Waals surface area contributed by atoms with Crippen LogP contribution in [0.2, 0.25) is 0 Å². The lowest BCUT2D eigenvalue weighted by molar-refractivity contribution is 0.429. The number of nitrogens with zero attached hydrogens (tertiary/aromatic N) is 2. The summed E-state index contributed by atoms with van der Waals surface area (Å²) in [4.78, 5) is 12.2. The number of H-pyrrole nitrogens is 1. The molecule has 0 atom stereocenters. The Morgan fingerprint density at radius 3 is 2.81 bits per heavy atom. The third kappa shape index (κ3) is 1.61. The van der Waals surface area contributed by atoms with Crippen LogP contribution in [0.5, 0.6) is 0 Å². The average molecular weight is 214 g/mol. The zero-order chi connectivity index (χ0) is 11.0. The molecule has 82 valence electrons. The van der Waals surface area contributed by atoms with Crippen molar-refractivity contribution in [2.24, 2.45) is 0 Å². The number of nitrogens with one attached hydrogen (secondary N) is 2. The van der Waals surface area contributed by atoms with Crippen molar-refractivity contribution in [3.05, 3.63) is 36.0 Å². The van der Waals surface area contributed by atoms with Crippen LogP contribution in [-0.4, -0.2) is 28.0 Å². The molecule has 2 N–H and O–H groups in total. The maximum atomic E-state index is 4.63. The monoisotopic (exact) mass is 214 g/mol. The Morgan fingerprint density at radius 1 is 1.31 bits per heavy atom. The first-order chi connectivity index (χ1) is 7.83. The molecule has 0 radical (unpaired) electrons. The number of aryl methyl sites for hydroxylation is 1. The van der Waals surface area contributed by atoms with E-state index in [1.807, 2.05) is 31.5 Å². The highest BCUT2D eigenvalue weighted by Crippen LogP contribution is 2.21. The Morgan fingerprint density at radius 2 is 2.19 bits per heavy atom. The third-order valence-corrected chi connectivity index (χ3v) is 2.91. The summed E-state index contributed by atoms with van der Waals surface area (Å²) in [5.74, 6) is 1.45. The van der Waals surface area contributed by atoms with Gasteiger partial charge in [-0.15, -0.1) is 0 Å². The van der Waals surface area contributed by atoms with Gasteiger partial charge in [0.25, 0.3) is 0 Å². The first-order valence-electron chi connectivity index (χ1n) is 5.52. The van der Waals surface area contributed by atoms with Gasteiger partial charge in [-0.2, -0.15) is 0 Å². The standard InChI is InChI=1S/C12H14N4/c1-8-4-11(9-2-3-13-5-9)16-12(15-8)10-6-14-7-10/h2-5,10,13-14H,6-7H2,1H3. The van der Waals surface area contributed by atoms with Crippen molar-refractivity contribution in [2.75, 3.05) is 13.1 Å². The van der Waals surface area contributed by atoms with Gasteiger partial charge in [0.2, 0.25) is 0 Å². The van der Waals surface area contributed by atoms with Crippen LogP contribution in [0.3, 0.4) is 0 Å². The first kappa shape index (κ1) is 9.54. The van der Waals surface area contributed by atoms with E-state index in [1.54, 1.807) is 0 Å². The fraction of sp³-hybridized carbons (Fsp3) is 0.333. The number of aromatic amines is 1. The Kier molecular flexibility index (Phi) is 2.22. The average Bonchev–Trinajstić information content (AvgIpc) is 2.66. The van der Waals surface area contributed by atoms with Gasteiger partial charge >= 0.3 is 0 Å². The van der Waals surface area contributed by atoms with Crippen molar-refractivity contribution < 1.29 is 0 Å². The zero-order valence-corrected chi connectivity index (χ0v) is 9.20. The van der Waals surface area contributed by atoms with Crippen LogP contribution in [-0.2, 0) is 0 Å². The van der Waals surface area contributed by atoms with Gasteiger partial charge in [-0.1, -0.05) is 0 Å². The Bertz CT molecular complexity index is 486. The molecule has 0 aromatic carbocycles. The summed E-state index contributed by atoms with van der Waals surface area (Å²) in [6, 6.07) is 4.06. The van der Waals surface area contributed by atoms with Crippen molar-refractivity contribution in [3.8, 4) is 11.3 Å². The van der Waals surface area contributed by atoms with Crippen molar-refractivity contribution in [1.29, 1.82) is 0 Å². The van der Waals surface area contributed by atoms with E-state index >= 15 is 0 Å². The molecule has 0 spiro atoms. The third-order valence-electron chi connectivity index (χ3n) is 2.91. The molecule has 0 unspecified atom stereocenters. The fourth-order valence-corrected chi connectivity index (χ4v) is 1.88. The van der Waals surface area contributed by atoms with E-state index in [0.29, 0.717) is 5.92 Å². The minimum atomic E-state index is 0.484. The molecule has 0 amide bonds. The minimum absolute atomic E-state index is 0.484. The van der Waals surface area contributed by atoms with E-state index in [1.165, 1.54) is 0 Å². The van der Waals surface area contributed by atoms with Gasteiger partial charge in [0.15, 0.2) is 0 Å². The molecule has 2 aromatic heterocycles. The highest BCUT2D eigenvalue weighted by atomic mass is 15.0. The summed E-state index contributed by atoms with van der Waals surface area (Å²) in [5, 5.41) is 3.25. The van der Waals surface area contributed by atoms with E-state index in [-0.39, 0.29) is 0 Å². The van der Waals surface area contributed by atoms with Crippen molar-refractivity contribution >= 4 is 0 Å². The Labute approximate surface area is 94.1 Å². The van der Waals surface area contributed by atoms with Gasteiger partial charge < -0.3 is 10.3 Å². The molecule has 3 rings (SSSR count). The molecule has 1 aliphatic rings. The second-order valence-corrected chi connectivity index (χ2v) is 4.21. The van der Waals surface area contributed by atoms with Crippen molar-refractivity contribution in [2.45, 2.75) is 12.8 Å². The lowest BCUT2D eigenvalue weighted by Gasteiger charge is -2.26.